The summed E-state index contributed by atoms with van der Waals surface area (Å²) in [5.41, 5.74) is 4.47. The average molecular weight is 308 g/mol. The van der Waals surface area contributed by atoms with E-state index < -0.39 is 5.91 Å². The number of benzene rings is 1. The summed E-state index contributed by atoms with van der Waals surface area (Å²) < 4.78 is 5.15. The first kappa shape index (κ1) is 14.8. The molecule has 116 valence electrons. The molecule has 1 N–H and O–H groups in total. The predicted molar refractivity (Wildman–Crippen MR) is 87.3 cm³/mol. The summed E-state index contributed by atoms with van der Waals surface area (Å²) in [5, 5.41) is 1.26. The maximum atomic E-state index is 12.4. The van der Waals surface area contributed by atoms with E-state index in [9.17, 15) is 9.59 Å². The van der Waals surface area contributed by atoms with E-state index in [4.69, 9.17) is 4.42 Å². The summed E-state index contributed by atoms with van der Waals surface area (Å²) in [6.45, 7) is 2.06. The molecule has 1 aliphatic heterocycles. The van der Waals surface area contributed by atoms with Gasteiger partial charge in [-0.2, -0.15) is 0 Å². The van der Waals surface area contributed by atoms with Gasteiger partial charge in [0, 0.05) is 0 Å². The first-order valence-corrected chi connectivity index (χ1v) is 7.35. The lowest BCUT2D eigenvalue weighted by Crippen LogP contribution is -2.35. The molecule has 1 aliphatic rings. The molecule has 5 heteroatoms. The Morgan fingerprint density at radius 2 is 1.96 bits per heavy atom. The van der Waals surface area contributed by atoms with Gasteiger partial charge < -0.3 is 4.42 Å². The van der Waals surface area contributed by atoms with E-state index in [0.717, 1.165) is 6.42 Å². The lowest BCUT2D eigenvalue weighted by molar-refractivity contribution is -0.117. The van der Waals surface area contributed by atoms with Gasteiger partial charge in [-0.3, -0.25) is 15.0 Å². The molecule has 2 heterocycles. The number of anilines is 1. The molecule has 1 saturated heterocycles. The summed E-state index contributed by atoms with van der Waals surface area (Å²) in [5.74, 6) is -0.137. The van der Waals surface area contributed by atoms with Gasteiger partial charge in [-0.25, -0.2) is 5.01 Å². The molecule has 2 amide bonds. The van der Waals surface area contributed by atoms with Crippen LogP contribution in [0.15, 0.2) is 64.8 Å². The van der Waals surface area contributed by atoms with E-state index in [1.165, 1.54) is 16.6 Å². The number of nitrogens with one attached hydrogen (secondary N) is 1. The third kappa shape index (κ3) is 3.08. The van der Waals surface area contributed by atoms with Crippen LogP contribution < -0.4 is 10.4 Å². The Morgan fingerprint density at radius 1 is 1.17 bits per heavy atom. The quantitative estimate of drug-likeness (QED) is 0.698. The van der Waals surface area contributed by atoms with Crippen molar-refractivity contribution in [3.8, 4) is 0 Å². The Morgan fingerprint density at radius 3 is 2.61 bits per heavy atom. The number of rotatable bonds is 4. The van der Waals surface area contributed by atoms with Crippen LogP contribution in [0, 0.1) is 0 Å². The molecule has 0 unspecified atom stereocenters. The zero-order chi connectivity index (χ0) is 16.2. The molecule has 5 nitrogen and oxygen atoms in total. The normalized spacial score (nSPS) is 16.6. The molecular formula is C18H16N2O3. The smallest absolute Gasteiger partial charge is 0.282 e. The van der Waals surface area contributed by atoms with Gasteiger partial charge >= 0.3 is 0 Å². The summed E-state index contributed by atoms with van der Waals surface area (Å²) in [6.07, 6.45) is 7.27. The number of amides is 2. The van der Waals surface area contributed by atoms with Gasteiger partial charge in [-0.15, -0.1) is 0 Å². The molecule has 0 spiro atoms. The van der Waals surface area contributed by atoms with Crippen LogP contribution in [0.3, 0.4) is 0 Å². The minimum Gasteiger partial charge on any atom is -0.465 e. The van der Waals surface area contributed by atoms with Gasteiger partial charge in [0.2, 0.25) is 0 Å². The molecule has 0 bridgehead atoms. The topological polar surface area (TPSA) is 62.6 Å². The number of carbonyl (C=O) groups excluding carboxylic acids is 2. The molecule has 2 aromatic rings. The molecule has 1 aromatic heterocycles. The van der Waals surface area contributed by atoms with Crippen molar-refractivity contribution in [2.24, 2.45) is 0 Å². The van der Waals surface area contributed by atoms with Crippen molar-refractivity contribution >= 4 is 23.6 Å². The van der Waals surface area contributed by atoms with Crippen molar-refractivity contribution in [1.82, 2.24) is 5.43 Å². The number of allylic oxidation sites excluding steroid dienone is 2. The first-order valence-electron chi connectivity index (χ1n) is 7.35. The predicted octanol–water partition coefficient (Wildman–Crippen LogP) is 2.86. The molecular weight excluding hydrogens is 292 g/mol. The van der Waals surface area contributed by atoms with Gasteiger partial charge in [0.05, 0.1) is 12.0 Å². The third-order valence-electron chi connectivity index (χ3n) is 3.56. The number of carbonyl (C=O) groups is 2. The molecule has 0 radical (unpaired) electrons. The Labute approximate surface area is 133 Å². The van der Waals surface area contributed by atoms with E-state index in [0.29, 0.717) is 11.4 Å². The van der Waals surface area contributed by atoms with Crippen molar-refractivity contribution in [3.05, 3.63) is 71.7 Å². The highest BCUT2D eigenvalue weighted by molar-refractivity contribution is 6.29. The summed E-state index contributed by atoms with van der Waals surface area (Å²) in [6, 6.07) is 11.1. The fraction of sp³-hybridized carbons (Fsp3) is 0.111. The first-order chi connectivity index (χ1) is 11.2. The third-order valence-corrected chi connectivity index (χ3v) is 3.56. The van der Waals surface area contributed by atoms with Crippen molar-refractivity contribution in [2.75, 3.05) is 5.01 Å². The highest BCUT2D eigenvalue weighted by Gasteiger charge is 2.33. The molecule has 0 atom stereocenters. The van der Waals surface area contributed by atoms with Crippen LogP contribution in [0.25, 0.3) is 6.08 Å². The van der Waals surface area contributed by atoms with Gasteiger partial charge in [0.25, 0.3) is 11.8 Å². The van der Waals surface area contributed by atoms with Crippen molar-refractivity contribution in [3.63, 3.8) is 0 Å². The Balaban J connectivity index is 1.79. The minimum absolute atomic E-state index is 0.0902. The van der Waals surface area contributed by atoms with Gasteiger partial charge in [0.1, 0.15) is 11.3 Å². The second-order valence-electron chi connectivity index (χ2n) is 5.06. The van der Waals surface area contributed by atoms with Gasteiger partial charge in [-0.05, 0) is 48.4 Å². The van der Waals surface area contributed by atoms with Crippen molar-refractivity contribution in [2.45, 2.75) is 13.3 Å². The standard InChI is InChI=1S/C18H16N2O3/c1-2-13-8-10-14(11-9-13)20-18(22)16(17(21)19-20)7-3-5-15-6-4-12-23-15/h3-12H,2H2,1H3,(H,19,21)/b5-3+,16-7+. The Kier molecular flexibility index (Phi) is 4.10. The molecule has 23 heavy (non-hydrogen) atoms. The van der Waals surface area contributed by atoms with Gasteiger partial charge in [-0.1, -0.05) is 25.1 Å². The lowest BCUT2D eigenvalue weighted by atomic mass is 10.1. The fourth-order valence-electron chi connectivity index (χ4n) is 2.26. The fourth-order valence-corrected chi connectivity index (χ4v) is 2.26. The molecule has 1 fully saturated rings. The zero-order valence-electron chi connectivity index (χ0n) is 12.7. The maximum Gasteiger partial charge on any atom is 0.282 e. The monoisotopic (exact) mass is 308 g/mol. The van der Waals surface area contributed by atoms with E-state index in [2.05, 4.69) is 12.3 Å². The second-order valence-corrected chi connectivity index (χ2v) is 5.06. The summed E-state index contributed by atoms with van der Waals surface area (Å²) in [7, 11) is 0. The second kappa shape index (κ2) is 6.36. The number of nitrogens with zero attached hydrogens (tertiary/aromatic N) is 1. The van der Waals surface area contributed by atoms with Crippen LogP contribution in [0.2, 0.25) is 0 Å². The van der Waals surface area contributed by atoms with E-state index in [1.54, 1.807) is 30.5 Å². The molecule has 0 saturated carbocycles. The van der Waals surface area contributed by atoms with Crippen LogP contribution >= 0.6 is 0 Å². The lowest BCUT2D eigenvalue weighted by Gasteiger charge is -2.14. The largest absolute Gasteiger partial charge is 0.465 e. The van der Waals surface area contributed by atoms with Crippen LogP contribution in [0.4, 0.5) is 5.69 Å². The summed E-state index contributed by atoms with van der Waals surface area (Å²) in [4.78, 5) is 24.4. The molecule has 1 aromatic carbocycles. The van der Waals surface area contributed by atoms with Crippen molar-refractivity contribution in [1.29, 1.82) is 0 Å². The molecule has 0 aliphatic carbocycles. The SMILES string of the molecule is CCc1ccc(N2NC(=O)/C(=C\C=C\c3ccco3)C2=O)cc1. The van der Waals surface area contributed by atoms with E-state index in [-0.39, 0.29) is 11.5 Å². The Bertz CT molecular complexity index is 771. The number of hydrogen-bond donors (Lipinski definition) is 1. The van der Waals surface area contributed by atoms with Crippen LogP contribution in [0.1, 0.15) is 18.2 Å². The van der Waals surface area contributed by atoms with Crippen LogP contribution in [-0.4, -0.2) is 11.8 Å². The summed E-state index contributed by atoms with van der Waals surface area (Å²) >= 11 is 0. The molecule has 3 rings (SSSR count). The van der Waals surface area contributed by atoms with E-state index in [1.807, 2.05) is 24.3 Å². The van der Waals surface area contributed by atoms with Crippen LogP contribution in [-0.2, 0) is 16.0 Å². The number of hydrogen-bond acceptors (Lipinski definition) is 3. The van der Waals surface area contributed by atoms with Crippen LogP contribution in [0.5, 0.6) is 0 Å². The number of furan rings is 1. The number of hydrazine groups is 1. The van der Waals surface area contributed by atoms with E-state index >= 15 is 0 Å². The average Bonchev–Trinajstić information content (AvgIpc) is 3.18. The zero-order valence-corrected chi connectivity index (χ0v) is 12.7. The number of aryl methyl sites for hydroxylation is 1. The Hall–Kier alpha value is -3.08. The maximum absolute atomic E-state index is 12.4. The van der Waals surface area contributed by atoms with Crippen molar-refractivity contribution < 1.29 is 14.0 Å². The highest BCUT2D eigenvalue weighted by atomic mass is 16.3. The van der Waals surface area contributed by atoms with Gasteiger partial charge in [0.15, 0.2) is 0 Å². The minimum atomic E-state index is -0.418. The highest BCUT2D eigenvalue weighted by Crippen LogP contribution is 2.20.